The van der Waals surface area contributed by atoms with Crippen molar-refractivity contribution in [2.24, 2.45) is 0 Å². The second kappa shape index (κ2) is 3.67. The van der Waals surface area contributed by atoms with E-state index in [4.69, 9.17) is 0 Å². The number of aryl methyl sites for hydroxylation is 1. The Labute approximate surface area is 70.6 Å². The molecule has 0 amide bonds. The molecule has 0 saturated heterocycles. The Bertz CT molecular complexity index is 318. The number of pyridine rings is 1. The zero-order valence-electron chi connectivity index (χ0n) is 6.73. The van der Waals surface area contributed by atoms with Gasteiger partial charge in [-0.2, -0.15) is 4.57 Å². The van der Waals surface area contributed by atoms with Crippen LogP contribution >= 0.6 is 0 Å². The van der Waals surface area contributed by atoms with Gasteiger partial charge in [-0.1, -0.05) is 0 Å². The van der Waals surface area contributed by atoms with Gasteiger partial charge in [-0.15, -0.1) is 0 Å². The maximum Gasteiger partial charge on any atom is 0.177 e. The summed E-state index contributed by atoms with van der Waals surface area (Å²) in [7, 11) is 0. The van der Waals surface area contributed by atoms with E-state index in [1.807, 2.05) is 25.3 Å². The van der Waals surface area contributed by atoms with Crippen molar-refractivity contribution in [3.05, 3.63) is 36.2 Å². The average molecular weight is 163 g/mol. The molecule has 1 heterocycles. The summed E-state index contributed by atoms with van der Waals surface area (Å²) < 4.78 is 1.66. The molecule has 0 bridgehead atoms. The maximum absolute atomic E-state index is 10.0. The summed E-state index contributed by atoms with van der Waals surface area (Å²) in [6.45, 7) is 1.93. The Hall–Kier alpha value is -1.64. The van der Waals surface area contributed by atoms with Crippen LogP contribution < -0.4 is 9.67 Å². The molecule has 0 N–H and O–H groups in total. The molecular weight excluding hydrogens is 154 g/mol. The van der Waals surface area contributed by atoms with E-state index >= 15 is 0 Å². The lowest BCUT2D eigenvalue weighted by atomic mass is 10.3. The van der Waals surface area contributed by atoms with Gasteiger partial charge in [-0.25, -0.2) is 0 Å². The number of carbonyl (C=O) groups excluding carboxylic acids is 1. The van der Waals surface area contributed by atoms with Crippen LogP contribution in [-0.2, 0) is 4.79 Å². The lowest BCUT2D eigenvalue weighted by Gasteiger charge is -1.90. The Morgan fingerprint density at radius 3 is 3.00 bits per heavy atom. The van der Waals surface area contributed by atoms with Gasteiger partial charge in [0, 0.05) is 17.7 Å². The highest BCUT2D eigenvalue weighted by atomic mass is 16.4. The van der Waals surface area contributed by atoms with Gasteiger partial charge in [0.2, 0.25) is 0 Å². The van der Waals surface area contributed by atoms with E-state index in [1.54, 1.807) is 10.8 Å². The zero-order valence-corrected chi connectivity index (χ0v) is 6.73. The molecule has 0 spiro atoms. The molecule has 0 atom stereocenters. The van der Waals surface area contributed by atoms with Gasteiger partial charge in [-0.3, -0.25) is 0 Å². The van der Waals surface area contributed by atoms with Gasteiger partial charge in [0.25, 0.3) is 0 Å². The summed E-state index contributed by atoms with van der Waals surface area (Å²) in [6, 6.07) is 3.78. The highest BCUT2D eigenvalue weighted by molar-refractivity contribution is 5.79. The minimum Gasteiger partial charge on any atom is -0.545 e. The summed E-state index contributed by atoms with van der Waals surface area (Å²) in [5.74, 6) is -1.19. The summed E-state index contributed by atoms with van der Waals surface area (Å²) in [4.78, 5) is 10.0. The molecule has 0 fully saturated rings. The second-order valence-corrected chi connectivity index (χ2v) is 2.46. The van der Waals surface area contributed by atoms with Crippen LogP contribution in [0.15, 0.2) is 30.6 Å². The Kier molecular flexibility index (Phi) is 2.58. The van der Waals surface area contributed by atoms with Gasteiger partial charge in [-0.05, 0) is 13.0 Å². The van der Waals surface area contributed by atoms with E-state index in [0.717, 1.165) is 11.6 Å². The van der Waals surface area contributed by atoms with E-state index in [9.17, 15) is 9.90 Å². The van der Waals surface area contributed by atoms with E-state index in [2.05, 4.69) is 0 Å². The number of carbonyl (C=O) groups is 1. The molecule has 0 saturated carbocycles. The van der Waals surface area contributed by atoms with Crippen molar-refractivity contribution in [2.45, 2.75) is 6.92 Å². The van der Waals surface area contributed by atoms with Crippen molar-refractivity contribution in [1.82, 2.24) is 0 Å². The smallest absolute Gasteiger partial charge is 0.177 e. The van der Waals surface area contributed by atoms with Gasteiger partial charge >= 0.3 is 0 Å². The minimum absolute atomic E-state index is 0.986. The second-order valence-electron chi connectivity index (χ2n) is 2.46. The fourth-order valence-corrected chi connectivity index (χ4v) is 0.855. The van der Waals surface area contributed by atoms with E-state index in [-0.39, 0.29) is 0 Å². The molecule has 3 heteroatoms. The average Bonchev–Trinajstić information content (AvgIpc) is 2.01. The Balaban J connectivity index is 2.83. The number of hydrogen-bond donors (Lipinski definition) is 0. The SMILES string of the molecule is Cc1ccc[n+](/C=C/C(=O)[O-])c1. The largest absolute Gasteiger partial charge is 0.545 e. The molecule has 0 aromatic carbocycles. The Morgan fingerprint density at radius 1 is 1.67 bits per heavy atom. The summed E-state index contributed by atoms with van der Waals surface area (Å²) >= 11 is 0. The molecule has 1 rings (SSSR count). The third kappa shape index (κ3) is 2.54. The molecular formula is C9H9NO2. The van der Waals surface area contributed by atoms with E-state index in [1.165, 1.54) is 6.20 Å². The fourth-order valence-electron chi connectivity index (χ4n) is 0.855. The van der Waals surface area contributed by atoms with Gasteiger partial charge < -0.3 is 9.90 Å². The highest BCUT2D eigenvalue weighted by Crippen LogP contribution is 1.88. The summed E-state index contributed by atoms with van der Waals surface area (Å²) in [6.07, 6.45) is 5.99. The van der Waals surface area contributed by atoms with E-state index in [0.29, 0.717) is 0 Å². The quantitative estimate of drug-likeness (QED) is 0.436. The number of aliphatic carboxylic acids is 1. The van der Waals surface area contributed by atoms with Crippen LogP contribution in [-0.4, -0.2) is 5.97 Å². The third-order valence-corrected chi connectivity index (χ3v) is 1.35. The van der Waals surface area contributed by atoms with Gasteiger partial charge in [0.1, 0.15) is 0 Å². The van der Waals surface area contributed by atoms with Crippen molar-refractivity contribution in [2.75, 3.05) is 0 Å². The number of carboxylic acids is 1. The predicted molar refractivity (Wildman–Crippen MR) is 41.7 cm³/mol. The van der Waals surface area contributed by atoms with Crippen LogP contribution in [0.1, 0.15) is 5.56 Å². The molecule has 1 aromatic rings. The van der Waals surface area contributed by atoms with E-state index < -0.39 is 5.97 Å². The van der Waals surface area contributed by atoms with Crippen molar-refractivity contribution in [3.63, 3.8) is 0 Å². The first-order valence-corrected chi connectivity index (χ1v) is 3.55. The van der Waals surface area contributed by atoms with Crippen LogP contribution in [0.5, 0.6) is 0 Å². The first-order valence-electron chi connectivity index (χ1n) is 3.55. The molecule has 0 unspecified atom stereocenters. The lowest BCUT2D eigenvalue weighted by Crippen LogP contribution is -2.27. The fraction of sp³-hybridized carbons (Fsp3) is 0.111. The number of carboxylic acid groups (broad SMARTS) is 1. The van der Waals surface area contributed by atoms with Crippen LogP contribution in [0.3, 0.4) is 0 Å². The van der Waals surface area contributed by atoms with Gasteiger partial charge in [0.05, 0.1) is 5.97 Å². The number of aromatic nitrogens is 1. The molecule has 0 aliphatic heterocycles. The molecule has 3 nitrogen and oxygen atoms in total. The highest BCUT2D eigenvalue weighted by Gasteiger charge is 1.92. The molecule has 0 aliphatic carbocycles. The monoisotopic (exact) mass is 163 g/mol. The molecule has 0 radical (unpaired) electrons. The summed E-state index contributed by atoms with van der Waals surface area (Å²) in [5, 5.41) is 10.0. The number of nitrogens with zero attached hydrogens (tertiary/aromatic N) is 1. The number of hydrogen-bond acceptors (Lipinski definition) is 2. The van der Waals surface area contributed by atoms with Crippen molar-refractivity contribution < 1.29 is 14.5 Å². The topological polar surface area (TPSA) is 44.0 Å². The molecule has 62 valence electrons. The van der Waals surface area contributed by atoms with Crippen LogP contribution in [0.25, 0.3) is 6.20 Å². The third-order valence-electron chi connectivity index (χ3n) is 1.35. The number of rotatable bonds is 2. The van der Waals surface area contributed by atoms with Crippen molar-refractivity contribution in [1.29, 1.82) is 0 Å². The standard InChI is InChI=1S/C9H9NO2/c1-8-3-2-5-10(7-8)6-4-9(11)12/h2-7H,1H3/b6-4+. The van der Waals surface area contributed by atoms with Crippen LogP contribution in [0.2, 0.25) is 0 Å². The molecule has 12 heavy (non-hydrogen) atoms. The van der Waals surface area contributed by atoms with Crippen LogP contribution in [0.4, 0.5) is 0 Å². The normalized spacial score (nSPS) is 10.4. The van der Waals surface area contributed by atoms with Crippen molar-refractivity contribution in [3.8, 4) is 0 Å². The first-order chi connectivity index (χ1) is 5.68. The Morgan fingerprint density at radius 2 is 2.42 bits per heavy atom. The van der Waals surface area contributed by atoms with Gasteiger partial charge in [0.15, 0.2) is 18.6 Å². The summed E-state index contributed by atoms with van der Waals surface area (Å²) in [5.41, 5.74) is 1.07. The van der Waals surface area contributed by atoms with Crippen molar-refractivity contribution >= 4 is 12.2 Å². The van der Waals surface area contributed by atoms with Crippen LogP contribution in [0, 0.1) is 6.92 Å². The molecule has 0 aliphatic rings. The maximum atomic E-state index is 10.0. The lowest BCUT2D eigenvalue weighted by molar-refractivity contribution is -0.568. The minimum atomic E-state index is -1.19. The predicted octanol–water partition coefficient (Wildman–Crippen LogP) is -0.497. The first kappa shape index (κ1) is 8.46. The zero-order chi connectivity index (χ0) is 8.97. The molecule has 1 aromatic heterocycles.